The first-order chi connectivity index (χ1) is 16.1. The summed E-state index contributed by atoms with van der Waals surface area (Å²) in [6.45, 7) is 8.29. The van der Waals surface area contributed by atoms with E-state index in [0.717, 1.165) is 33.1 Å². The minimum Gasteiger partial charge on any atom is -0.309 e. The van der Waals surface area contributed by atoms with E-state index in [1.54, 1.807) is 6.92 Å². The Morgan fingerprint density at radius 3 is 2.20 bits per heavy atom. The summed E-state index contributed by atoms with van der Waals surface area (Å²) in [5.41, 5.74) is 5.78. The van der Waals surface area contributed by atoms with Crippen LogP contribution in [-0.2, 0) is 5.41 Å². The van der Waals surface area contributed by atoms with E-state index in [-0.39, 0.29) is 29.6 Å². The molecule has 0 aliphatic rings. The average molecular weight is 394 g/mol. The molecule has 0 saturated carbocycles. The fraction of sp³-hybridized carbons (Fsp3) is 0.172. The number of aromatic nitrogens is 1. The van der Waals surface area contributed by atoms with Crippen molar-refractivity contribution in [2.75, 3.05) is 0 Å². The quantitative estimate of drug-likeness (QED) is 0.286. The lowest BCUT2D eigenvalue weighted by Gasteiger charge is -2.21. The maximum Gasteiger partial charge on any atom is 0.0632 e. The normalized spacial score (nSPS) is 13.9. The second kappa shape index (κ2) is 6.88. The van der Waals surface area contributed by atoms with E-state index in [4.69, 9.17) is 5.48 Å². The fourth-order valence-electron chi connectivity index (χ4n) is 4.37. The van der Waals surface area contributed by atoms with Crippen molar-refractivity contribution in [3.63, 3.8) is 0 Å². The van der Waals surface area contributed by atoms with Crippen molar-refractivity contribution in [2.45, 2.75) is 33.1 Å². The number of hydrogen-bond donors (Lipinski definition) is 0. The molecule has 30 heavy (non-hydrogen) atoms. The van der Waals surface area contributed by atoms with Gasteiger partial charge in [0.1, 0.15) is 0 Å². The summed E-state index contributed by atoms with van der Waals surface area (Å²) in [5, 5.41) is 2.08. The van der Waals surface area contributed by atoms with Crippen LogP contribution in [0.25, 0.3) is 38.6 Å². The monoisotopic (exact) mass is 393 g/mol. The maximum absolute atomic E-state index is 8.81. The Labute approximate surface area is 184 Å². The van der Waals surface area contributed by atoms with Gasteiger partial charge in [0.2, 0.25) is 0 Å². The summed E-state index contributed by atoms with van der Waals surface area (Å²) in [5.74, 6) is 0. The zero-order chi connectivity index (χ0) is 24.4. The number of benzene rings is 4. The second-order valence-corrected chi connectivity index (χ2v) is 8.82. The van der Waals surface area contributed by atoms with Crippen LogP contribution in [0.4, 0.5) is 0 Å². The predicted molar refractivity (Wildman–Crippen MR) is 130 cm³/mol. The molecule has 1 nitrogen and oxygen atoms in total. The zero-order valence-corrected chi connectivity index (χ0v) is 17.8. The number of para-hydroxylation sites is 1. The Bertz CT molecular complexity index is 1540. The molecule has 1 heteroatoms. The van der Waals surface area contributed by atoms with E-state index in [0.29, 0.717) is 11.1 Å². The van der Waals surface area contributed by atoms with Crippen LogP contribution in [-0.4, -0.2) is 4.57 Å². The highest BCUT2D eigenvalue weighted by Crippen LogP contribution is 2.42. The van der Waals surface area contributed by atoms with Crippen LogP contribution in [0, 0.1) is 6.92 Å². The molecule has 0 N–H and O–H groups in total. The Morgan fingerprint density at radius 1 is 0.767 bits per heavy atom. The molecule has 0 radical (unpaired) electrons. The van der Waals surface area contributed by atoms with Gasteiger partial charge in [-0.2, -0.15) is 0 Å². The first-order valence-electron chi connectivity index (χ1n) is 12.3. The minimum atomic E-state index is -0.136. The topological polar surface area (TPSA) is 4.93 Å². The summed E-state index contributed by atoms with van der Waals surface area (Å²) in [4.78, 5) is 0. The highest BCUT2D eigenvalue weighted by Gasteiger charge is 2.23. The SMILES string of the molecule is [2H]c1c([2H])c(C)c([2H])c(-c2cccc3c2c2c(C(C)(C)C)cccc2n3-c2ccccc2)c1[2H]. The van der Waals surface area contributed by atoms with Gasteiger partial charge < -0.3 is 4.57 Å². The van der Waals surface area contributed by atoms with Gasteiger partial charge in [0.15, 0.2) is 0 Å². The Hall–Kier alpha value is -3.32. The highest BCUT2D eigenvalue weighted by atomic mass is 15.0. The molecule has 0 saturated heterocycles. The number of fused-ring (bicyclic) bond motifs is 3. The average Bonchev–Trinajstić information content (AvgIpc) is 3.16. The summed E-state index contributed by atoms with van der Waals surface area (Å²) in [7, 11) is 0. The lowest BCUT2D eigenvalue weighted by atomic mass is 9.83. The van der Waals surface area contributed by atoms with Crippen LogP contribution in [0.3, 0.4) is 0 Å². The van der Waals surface area contributed by atoms with Crippen molar-refractivity contribution in [3.8, 4) is 16.8 Å². The Kier molecular flexibility index (Phi) is 3.36. The molecule has 148 valence electrons. The molecule has 0 fully saturated rings. The molecule has 1 heterocycles. The number of hydrogen-bond acceptors (Lipinski definition) is 0. The van der Waals surface area contributed by atoms with E-state index < -0.39 is 0 Å². The summed E-state index contributed by atoms with van der Waals surface area (Å²) in [6, 6.07) is 22.5. The number of nitrogens with zero attached hydrogens (tertiary/aromatic N) is 1. The van der Waals surface area contributed by atoms with Gasteiger partial charge in [-0.25, -0.2) is 0 Å². The summed E-state index contributed by atoms with van der Waals surface area (Å²) < 4.78 is 36.3. The molecule has 0 atom stereocenters. The fourth-order valence-corrected chi connectivity index (χ4v) is 4.37. The third-order valence-corrected chi connectivity index (χ3v) is 5.66. The number of rotatable bonds is 2. The zero-order valence-electron chi connectivity index (χ0n) is 21.8. The smallest absolute Gasteiger partial charge is 0.0632 e. The molecular weight excluding hydrogens is 362 g/mol. The first kappa shape index (κ1) is 14.6. The highest BCUT2D eigenvalue weighted by molar-refractivity contribution is 6.17. The van der Waals surface area contributed by atoms with Crippen LogP contribution >= 0.6 is 0 Å². The third-order valence-electron chi connectivity index (χ3n) is 5.66. The molecule has 0 aliphatic heterocycles. The summed E-state index contributed by atoms with van der Waals surface area (Å²) in [6.07, 6.45) is 0. The molecule has 0 amide bonds. The molecule has 0 bridgehead atoms. The van der Waals surface area contributed by atoms with Crippen molar-refractivity contribution >= 4 is 21.8 Å². The van der Waals surface area contributed by atoms with E-state index in [2.05, 4.69) is 61.7 Å². The van der Waals surface area contributed by atoms with Crippen molar-refractivity contribution < 1.29 is 5.48 Å². The molecule has 0 unspecified atom stereocenters. The largest absolute Gasteiger partial charge is 0.309 e. The van der Waals surface area contributed by atoms with Gasteiger partial charge in [0.25, 0.3) is 0 Å². The second-order valence-electron chi connectivity index (χ2n) is 8.82. The molecule has 1 aromatic heterocycles. The van der Waals surface area contributed by atoms with Crippen LogP contribution in [0.2, 0.25) is 0 Å². The van der Waals surface area contributed by atoms with Gasteiger partial charge in [0.05, 0.1) is 16.5 Å². The maximum atomic E-state index is 8.81. The minimum absolute atomic E-state index is 0.0481. The van der Waals surface area contributed by atoms with Crippen molar-refractivity contribution in [1.82, 2.24) is 4.57 Å². The van der Waals surface area contributed by atoms with Gasteiger partial charge in [-0.3, -0.25) is 0 Å². The van der Waals surface area contributed by atoms with E-state index in [9.17, 15) is 0 Å². The van der Waals surface area contributed by atoms with E-state index >= 15 is 0 Å². The predicted octanol–water partition coefficient (Wildman–Crippen LogP) is 8.06. The van der Waals surface area contributed by atoms with E-state index in [1.165, 1.54) is 5.56 Å². The lowest BCUT2D eigenvalue weighted by molar-refractivity contribution is 0.596. The van der Waals surface area contributed by atoms with Gasteiger partial charge in [-0.1, -0.05) is 93.0 Å². The third kappa shape index (κ3) is 2.93. The summed E-state index contributed by atoms with van der Waals surface area (Å²) >= 11 is 0. The van der Waals surface area contributed by atoms with Crippen molar-refractivity contribution in [3.05, 3.63) is 102 Å². The van der Waals surface area contributed by atoms with Crippen LogP contribution in [0.15, 0.2) is 90.9 Å². The standard InChI is InChI=1S/C29H27N/c1-20-11-8-12-21(19-20)23-15-9-17-25-27(23)28-24(29(2,3)4)16-10-18-26(28)30(25)22-13-6-5-7-14-22/h5-19H,1-4H3/i8D,11D,12D,19D. The van der Waals surface area contributed by atoms with Crippen LogP contribution in [0.1, 0.15) is 37.4 Å². The first-order valence-corrected chi connectivity index (χ1v) is 10.3. The van der Waals surface area contributed by atoms with Crippen molar-refractivity contribution in [2.24, 2.45) is 0 Å². The molecule has 0 spiro atoms. The molecule has 4 aromatic carbocycles. The molecule has 0 aliphatic carbocycles. The van der Waals surface area contributed by atoms with Gasteiger partial charge >= 0.3 is 0 Å². The van der Waals surface area contributed by atoms with Gasteiger partial charge in [0, 0.05) is 16.5 Å². The van der Waals surface area contributed by atoms with E-state index in [1.807, 2.05) is 30.3 Å². The Balaban J connectivity index is 2.05. The van der Waals surface area contributed by atoms with Gasteiger partial charge in [-0.15, -0.1) is 0 Å². The lowest BCUT2D eigenvalue weighted by Crippen LogP contribution is -2.11. The van der Waals surface area contributed by atoms with Crippen LogP contribution in [0.5, 0.6) is 0 Å². The molecular formula is C29H27N. The van der Waals surface area contributed by atoms with Crippen molar-refractivity contribution in [1.29, 1.82) is 0 Å². The Morgan fingerprint density at radius 2 is 1.47 bits per heavy atom. The molecule has 5 aromatic rings. The van der Waals surface area contributed by atoms with Gasteiger partial charge in [-0.05, 0) is 53.3 Å². The molecule has 5 rings (SSSR count). The van der Waals surface area contributed by atoms with Crippen LogP contribution < -0.4 is 0 Å².